The van der Waals surface area contributed by atoms with Crippen molar-refractivity contribution in [3.8, 4) is 0 Å². The third kappa shape index (κ3) is 84.4. The summed E-state index contributed by atoms with van der Waals surface area (Å²) in [6, 6.07) is 0. The van der Waals surface area contributed by atoms with E-state index < -0.39 is 7.82 Å². The van der Waals surface area contributed by atoms with Crippen LogP contribution in [-0.2, 0) is 4.57 Å². The van der Waals surface area contributed by atoms with E-state index in [-0.39, 0.29) is 120 Å². The van der Waals surface area contributed by atoms with Crippen molar-refractivity contribution in [3.63, 3.8) is 0 Å². The molecule has 0 rings (SSSR count). The van der Waals surface area contributed by atoms with Gasteiger partial charge in [0, 0.05) is 0 Å². The Bertz CT molecular complexity index is 62.7. The molecule has 0 saturated carbocycles. The Morgan fingerprint density at radius 3 is 0.889 bits per heavy atom. The second-order valence-electron chi connectivity index (χ2n) is 0.513. The topological polar surface area (TPSA) is 77.8 Å². The zero-order valence-corrected chi connectivity index (χ0v) is 11.3. The van der Waals surface area contributed by atoms with Crippen LogP contribution >= 0.6 is 7.82 Å². The van der Waals surface area contributed by atoms with Crippen LogP contribution in [0.2, 0.25) is 0 Å². The molecule has 0 spiro atoms. The van der Waals surface area contributed by atoms with Crippen LogP contribution in [0, 0.1) is 0 Å². The van der Waals surface area contributed by atoms with Crippen molar-refractivity contribution < 1.29 is 122 Å². The fraction of sp³-hybridized carbons (Fsp3) is 0. The molecular formula is H11B2K2O4P. The Balaban J connectivity index is -0.0000000133. The van der Waals surface area contributed by atoms with Crippen LogP contribution in [0.5, 0.6) is 0 Å². The summed E-state index contributed by atoms with van der Waals surface area (Å²) in [5.41, 5.74) is 0. The van der Waals surface area contributed by atoms with Crippen LogP contribution in [0.3, 0.4) is 0 Å². The largest absolute Gasteiger partial charge is 1.00 e. The summed E-state index contributed by atoms with van der Waals surface area (Å²) in [5.74, 6) is 0. The molecule has 0 amide bonds. The fourth-order valence-corrected chi connectivity index (χ4v) is 0. The van der Waals surface area contributed by atoms with E-state index in [9.17, 15) is 0 Å². The first kappa shape index (κ1) is 29.4. The average molecular weight is 206 g/mol. The van der Waals surface area contributed by atoms with Gasteiger partial charge in [-0.05, 0) is 0 Å². The van der Waals surface area contributed by atoms with Crippen molar-refractivity contribution in [1.29, 1.82) is 0 Å². The molecule has 0 radical (unpaired) electrons. The minimum Gasteiger partial charge on any atom is -0.303 e. The number of hydrogen-bond donors (Lipinski definition) is 3. The monoisotopic (exact) mass is 206 g/mol. The van der Waals surface area contributed by atoms with Crippen molar-refractivity contribution in [3.05, 3.63) is 0 Å². The summed E-state index contributed by atoms with van der Waals surface area (Å²) < 4.78 is 8.88. The van der Waals surface area contributed by atoms with Gasteiger partial charge in [0.15, 0.2) is 0 Å². The molecule has 0 aliphatic heterocycles. The molecule has 4 nitrogen and oxygen atoms in total. The van der Waals surface area contributed by atoms with E-state index in [1.165, 1.54) is 0 Å². The maximum Gasteiger partial charge on any atom is 1.00 e. The Labute approximate surface area is 143 Å². The summed E-state index contributed by atoms with van der Waals surface area (Å²) in [5, 5.41) is 0. The van der Waals surface area contributed by atoms with Gasteiger partial charge in [-0.25, -0.2) is 4.57 Å². The van der Waals surface area contributed by atoms with Gasteiger partial charge in [0.2, 0.25) is 0 Å². The van der Waals surface area contributed by atoms with E-state index >= 15 is 0 Å². The molecule has 0 atom stereocenters. The molecule has 3 N–H and O–H groups in total. The molecule has 0 bridgehead atoms. The Morgan fingerprint density at radius 1 is 0.889 bits per heavy atom. The van der Waals surface area contributed by atoms with E-state index in [0.29, 0.717) is 0 Å². The van der Waals surface area contributed by atoms with Crippen molar-refractivity contribution in [2.75, 3.05) is 0 Å². The molecule has 0 aromatic carbocycles. The van der Waals surface area contributed by atoms with Gasteiger partial charge in [-0.3, -0.25) is 0 Å². The Hall–Kier alpha value is 3.51. The van der Waals surface area contributed by atoms with Crippen molar-refractivity contribution in [1.82, 2.24) is 0 Å². The standard InChI is InChI=1S/2BH4.2K.H3O4P/c;;;;1-5(2,3)4/h2*1H4;;;(H3,1,2,3,4)/q2*-1;2*+1;. The third-order valence-electron chi connectivity index (χ3n) is 0. The Kier molecular flexibility index (Phi) is 45.9. The molecule has 0 heterocycles. The predicted molar refractivity (Wildman–Crippen MR) is 36.9 cm³/mol. The molecule has 9 heteroatoms. The number of phosphoric acid groups is 1. The maximum absolute atomic E-state index is 8.88. The minimum absolute atomic E-state index is 0. The molecule has 48 valence electrons. The zero-order valence-electron chi connectivity index (χ0n) is 4.20. The maximum atomic E-state index is 8.88. The van der Waals surface area contributed by atoms with Crippen LogP contribution in [0.4, 0.5) is 0 Å². The van der Waals surface area contributed by atoms with E-state index in [1.807, 2.05) is 0 Å². The van der Waals surface area contributed by atoms with Gasteiger partial charge in [-0.2, -0.15) is 0 Å². The quantitative estimate of drug-likeness (QED) is 0.271. The van der Waals surface area contributed by atoms with Crippen LogP contribution in [0.15, 0.2) is 0 Å². The van der Waals surface area contributed by atoms with Gasteiger partial charge < -0.3 is 14.7 Å². The van der Waals surface area contributed by atoms with Gasteiger partial charge >= 0.3 is 111 Å². The second kappa shape index (κ2) is 14.1. The normalized spacial score (nSPS) is 6.56. The summed E-state index contributed by atoms with van der Waals surface area (Å²) in [7, 11) is -4.64. The fourth-order valence-electron chi connectivity index (χ4n) is 0. The van der Waals surface area contributed by atoms with Crippen molar-refractivity contribution in [2.24, 2.45) is 0 Å². The zero-order chi connectivity index (χ0) is 4.50. The van der Waals surface area contributed by atoms with Gasteiger partial charge in [0.1, 0.15) is 0 Å². The van der Waals surface area contributed by atoms with Crippen LogP contribution < -0.4 is 103 Å². The summed E-state index contributed by atoms with van der Waals surface area (Å²) >= 11 is 0. The first-order valence-corrected chi connectivity index (χ1v) is 2.35. The van der Waals surface area contributed by atoms with Crippen molar-refractivity contribution >= 4 is 24.6 Å². The third-order valence-corrected chi connectivity index (χ3v) is 0. The SMILES string of the molecule is O=P(O)(O)O.[BH4-].[BH4-].[K+].[K+]. The first-order valence-electron chi connectivity index (χ1n) is 0.783. The number of hydrogen-bond acceptors (Lipinski definition) is 1. The van der Waals surface area contributed by atoms with Crippen molar-refractivity contribution in [2.45, 2.75) is 0 Å². The van der Waals surface area contributed by atoms with Gasteiger partial charge in [0.05, 0.1) is 0 Å². The minimum atomic E-state index is -4.64. The van der Waals surface area contributed by atoms with Gasteiger partial charge in [-0.1, -0.05) is 16.8 Å². The average Bonchev–Trinajstić information content (AvgIpc) is 0.722. The van der Waals surface area contributed by atoms with Gasteiger partial charge in [-0.15, -0.1) is 0 Å². The van der Waals surface area contributed by atoms with Gasteiger partial charge in [0.25, 0.3) is 0 Å². The molecule has 0 fully saturated rings. The van der Waals surface area contributed by atoms with Crippen LogP contribution in [0.25, 0.3) is 0 Å². The van der Waals surface area contributed by atoms with Crippen LogP contribution in [-0.4, -0.2) is 31.5 Å². The smallest absolute Gasteiger partial charge is 0.303 e. The molecular weight excluding hydrogens is 195 g/mol. The molecule has 9 heavy (non-hydrogen) atoms. The summed E-state index contributed by atoms with van der Waals surface area (Å²) in [6.07, 6.45) is 0. The molecule has 0 unspecified atom stereocenters. The number of rotatable bonds is 0. The van der Waals surface area contributed by atoms with E-state index in [4.69, 9.17) is 19.2 Å². The molecule has 0 aliphatic rings. The van der Waals surface area contributed by atoms with Crippen LogP contribution in [0.1, 0.15) is 0 Å². The predicted octanol–water partition coefficient (Wildman–Crippen LogP) is -9.82. The Morgan fingerprint density at radius 2 is 0.889 bits per heavy atom. The molecule has 0 saturated heterocycles. The second-order valence-corrected chi connectivity index (χ2v) is 1.54. The molecule has 0 aromatic rings. The van der Waals surface area contributed by atoms with E-state index in [0.717, 1.165) is 0 Å². The van der Waals surface area contributed by atoms with E-state index in [2.05, 4.69) is 0 Å². The first-order chi connectivity index (χ1) is 2.00. The summed E-state index contributed by atoms with van der Waals surface area (Å²) in [6.45, 7) is 0. The summed E-state index contributed by atoms with van der Waals surface area (Å²) in [4.78, 5) is 21.6. The van der Waals surface area contributed by atoms with E-state index in [1.54, 1.807) is 0 Å². The molecule has 0 aliphatic carbocycles. The molecule has 0 aromatic heterocycles.